The van der Waals surface area contributed by atoms with Gasteiger partial charge in [-0.15, -0.1) is 0 Å². The first-order chi connectivity index (χ1) is 10.3. The molecule has 0 aliphatic heterocycles. The van der Waals surface area contributed by atoms with Crippen molar-refractivity contribution in [1.82, 2.24) is 5.32 Å². The number of esters is 1. The summed E-state index contributed by atoms with van der Waals surface area (Å²) in [6, 6.07) is 6.40. The molecule has 7 nitrogen and oxygen atoms in total. The molecule has 0 radical (unpaired) electrons. The number of hydrogen-bond donors (Lipinski definition) is 1. The molecule has 0 fully saturated rings. The topological polar surface area (TPSA) is 98.8 Å². The predicted octanol–water partition coefficient (Wildman–Crippen LogP) is 1.06. The molecule has 1 aromatic rings. The Kier molecular flexibility index (Phi) is 6.84. The first-order valence-electron chi connectivity index (χ1n) is 6.71. The molecule has 0 unspecified atom stereocenters. The van der Waals surface area contributed by atoms with Crippen molar-refractivity contribution in [2.45, 2.75) is 18.7 Å². The highest BCUT2D eigenvalue weighted by Gasteiger charge is 2.15. The zero-order valence-corrected chi connectivity index (χ0v) is 13.3. The molecular weight excluding hydrogens is 310 g/mol. The number of aryl methyl sites for hydroxylation is 1. The van der Waals surface area contributed by atoms with Crippen LogP contribution in [0.3, 0.4) is 0 Å². The molecule has 1 N–H and O–H groups in total. The van der Waals surface area contributed by atoms with Crippen LogP contribution >= 0.6 is 0 Å². The maximum atomic E-state index is 12.0. The number of benzene rings is 1. The van der Waals surface area contributed by atoms with E-state index in [2.05, 4.69) is 10.1 Å². The molecule has 0 aromatic heterocycles. The molecule has 0 bridgehead atoms. The molecule has 8 heteroatoms. The van der Waals surface area contributed by atoms with Gasteiger partial charge in [0.15, 0.2) is 9.84 Å². The lowest BCUT2D eigenvalue weighted by molar-refractivity contribution is -0.141. The smallest absolute Gasteiger partial charge is 0.407 e. The summed E-state index contributed by atoms with van der Waals surface area (Å²) < 4.78 is 33.3. The van der Waals surface area contributed by atoms with Crippen LogP contribution in [-0.2, 0) is 24.1 Å². The van der Waals surface area contributed by atoms with Crippen LogP contribution in [0, 0.1) is 6.92 Å². The van der Waals surface area contributed by atoms with Crippen LogP contribution in [0.25, 0.3) is 0 Å². The van der Waals surface area contributed by atoms with Crippen LogP contribution in [0.5, 0.6) is 0 Å². The molecule has 1 rings (SSSR count). The van der Waals surface area contributed by atoms with Crippen LogP contribution in [0.4, 0.5) is 4.79 Å². The van der Waals surface area contributed by atoms with Gasteiger partial charge in [0.1, 0.15) is 13.2 Å². The second-order valence-corrected chi connectivity index (χ2v) is 6.54. The summed E-state index contributed by atoms with van der Waals surface area (Å²) in [7, 11) is -3.51. The summed E-state index contributed by atoms with van der Waals surface area (Å²) in [4.78, 5) is 22.5. The SMILES string of the molecule is CCOC(=O)CNC(=O)OCCS(=O)(=O)c1ccc(C)cc1. The molecule has 0 spiro atoms. The normalized spacial score (nSPS) is 10.8. The number of rotatable bonds is 7. The van der Waals surface area contributed by atoms with E-state index in [9.17, 15) is 18.0 Å². The molecule has 122 valence electrons. The lowest BCUT2D eigenvalue weighted by Crippen LogP contribution is -2.32. The third-order valence-corrected chi connectivity index (χ3v) is 4.34. The third kappa shape index (κ3) is 6.13. The van der Waals surface area contributed by atoms with Crippen molar-refractivity contribution in [3.8, 4) is 0 Å². The molecule has 22 heavy (non-hydrogen) atoms. The van der Waals surface area contributed by atoms with Gasteiger partial charge >= 0.3 is 12.1 Å². The van der Waals surface area contributed by atoms with E-state index in [1.54, 1.807) is 19.1 Å². The second-order valence-electron chi connectivity index (χ2n) is 4.43. The van der Waals surface area contributed by atoms with Crippen molar-refractivity contribution in [2.75, 3.05) is 25.5 Å². The number of alkyl carbamates (subject to hydrolysis) is 1. The number of carbonyl (C=O) groups is 2. The second kappa shape index (κ2) is 8.38. The largest absolute Gasteiger partial charge is 0.465 e. The van der Waals surface area contributed by atoms with Gasteiger partial charge in [-0.25, -0.2) is 13.2 Å². The number of ether oxygens (including phenoxy) is 2. The van der Waals surface area contributed by atoms with Crippen LogP contribution in [0.15, 0.2) is 29.2 Å². The summed E-state index contributed by atoms with van der Waals surface area (Å²) in [5, 5.41) is 2.17. The van der Waals surface area contributed by atoms with E-state index in [1.165, 1.54) is 12.1 Å². The fraction of sp³-hybridized carbons (Fsp3) is 0.429. The summed E-state index contributed by atoms with van der Waals surface area (Å²) in [6.45, 7) is 3.09. The molecule has 0 saturated carbocycles. The lowest BCUT2D eigenvalue weighted by atomic mass is 10.2. The monoisotopic (exact) mass is 329 g/mol. The van der Waals surface area contributed by atoms with Gasteiger partial charge < -0.3 is 14.8 Å². The zero-order valence-electron chi connectivity index (χ0n) is 12.5. The molecule has 0 aliphatic rings. The van der Waals surface area contributed by atoms with E-state index >= 15 is 0 Å². The van der Waals surface area contributed by atoms with Gasteiger partial charge in [0.05, 0.1) is 17.3 Å². The van der Waals surface area contributed by atoms with E-state index in [4.69, 9.17) is 4.74 Å². The Bertz CT molecular complexity index is 609. The molecular formula is C14H19NO6S. The summed E-state index contributed by atoms with van der Waals surface area (Å²) in [5.41, 5.74) is 0.952. The zero-order chi connectivity index (χ0) is 16.6. The number of hydrogen-bond acceptors (Lipinski definition) is 6. The third-order valence-electron chi connectivity index (χ3n) is 2.65. The number of carbonyl (C=O) groups excluding carboxylic acids is 2. The predicted molar refractivity (Wildman–Crippen MR) is 79.2 cm³/mol. The Morgan fingerprint density at radius 1 is 1.14 bits per heavy atom. The lowest BCUT2D eigenvalue weighted by Gasteiger charge is -2.07. The Morgan fingerprint density at radius 3 is 2.36 bits per heavy atom. The standard InChI is InChI=1S/C14H19NO6S/c1-3-20-13(16)10-15-14(17)21-8-9-22(18,19)12-6-4-11(2)5-7-12/h4-7H,3,8-10H2,1-2H3,(H,15,17). The Balaban J connectivity index is 2.38. The maximum Gasteiger partial charge on any atom is 0.407 e. The number of nitrogens with one attached hydrogen (secondary N) is 1. The van der Waals surface area contributed by atoms with Crippen molar-refractivity contribution in [2.24, 2.45) is 0 Å². The highest BCUT2D eigenvalue weighted by Crippen LogP contribution is 2.11. The first kappa shape index (κ1) is 18.0. The quantitative estimate of drug-likeness (QED) is 0.751. The van der Waals surface area contributed by atoms with Gasteiger partial charge in [0.25, 0.3) is 0 Å². The fourth-order valence-electron chi connectivity index (χ4n) is 1.51. The summed E-state index contributed by atoms with van der Waals surface area (Å²) in [6.07, 6.45) is -0.868. The Labute approximate surface area is 129 Å². The summed E-state index contributed by atoms with van der Waals surface area (Å²) in [5.74, 6) is -0.921. The highest BCUT2D eigenvalue weighted by molar-refractivity contribution is 7.91. The van der Waals surface area contributed by atoms with Crippen molar-refractivity contribution in [1.29, 1.82) is 0 Å². The van der Waals surface area contributed by atoms with Crippen molar-refractivity contribution in [3.63, 3.8) is 0 Å². The first-order valence-corrected chi connectivity index (χ1v) is 8.36. The van der Waals surface area contributed by atoms with Gasteiger partial charge in [-0.1, -0.05) is 17.7 Å². The number of amides is 1. The van der Waals surface area contributed by atoms with Crippen molar-refractivity contribution >= 4 is 21.9 Å². The highest BCUT2D eigenvalue weighted by atomic mass is 32.2. The maximum absolute atomic E-state index is 12.0. The van der Waals surface area contributed by atoms with E-state index in [0.29, 0.717) is 0 Å². The minimum absolute atomic E-state index is 0.175. The van der Waals surface area contributed by atoms with Crippen LogP contribution in [-0.4, -0.2) is 46.0 Å². The molecule has 0 saturated heterocycles. The molecule has 0 heterocycles. The molecule has 0 atom stereocenters. The Hall–Kier alpha value is -2.09. The Morgan fingerprint density at radius 2 is 1.77 bits per heavy atom. The van der Waals surface area contributed by atoms with E-state index in [0.717, 1.165) is 5.56 Å². The minimum Gasteiger partial charge on any atom is -0.465 e. The van der Waals surface area contributed by atoms with Crippen molar-refractivity contribution in [3.05, 3.63) is 29.8 Å². The van der Waals surface area contributed by atoms with Gasteiger partial charge in [0.2, 0.25) is 0 Å². The van der Waals surface area contributed by atoms with Crippen LogP contribution < -0.4 is 5.32 Å². The van der Waals surface area contributed by atoms with Gasteiger partial charge in [0, 0.05) is 0 Å². The molecule has 0 aliphatic carbocycles. The fourth-order valence-corrected chi connectivity index (χ4v) is 2.60. The van der Waals surface area contributed by atoms with Crippen LogP contribution in [0.2, 0.25) is 0 Å². The molecule has 1 amide bonds. The van der Waals surface area contributed by atoms with E-state index in [-0.39, 0.29) is 30.4 Å². The van der Waals surface area contributed by atoms with E-state index in [1.807, 2.05) is 6.92 Å². The van der Waals surface area contributed by atoms with Gasteiger partial charge in [-0.3, -0.25) is 4.79 Å². The van der Waals surface area contributed by atoms with Gasteiger partial charge in [-0.05, 0) is 26.0 Å². The molecule has 1 aromatic carbocycles. The average Bonchev–Trinajstić information content (AvgIpc) is 2.46. The number of sulfone groups is 1. The average molecular weight is 329 g/mol. The van der Waals surface area contributed by atoms with Gasteiger partial charge in [-0.2, -0.15) is 0 Å². The van der Waals surface area contributed by atoms with E-state index < -0.39 is 21.9 Å². The van der Waals surface area contributed by atoms with Crippen LogP contribution in [0.1, 0.15) is 12.5 Å². The van der Waals surface area contributed by atoms with Crippen molar-refractivity contribution < 1.29 is 27.5 Å². The summed E-state index contributed by atoms with van der Waals surface area (Å²) >= 11 is 0. The minimum atomic E-state index is -3.51.